The van der Waals surface area contributed by atoms with Gasteiger partial charge in [-0.25, -0.2) is 8.42 Å². The van der Waals surface area contributed by atoms with Gasteiger partial charge in [-0.1, -0.05) is 23.2 Å². The van der Waals surface area contributed by atoms with Gasteiger partial charge in [0, 0.05) is 11.7 Å². The van der Waals surface area contributed by atoms with Crippen LogP contribution in [-0.2, 0) is 9.84 Å². The quantitative estimate of drug-likeness (QED) is 0.910. The van der Waals surface area contributed by atoms with E-state index < -0.39 is 16.4 Å². The summed E-state index contributed by atoms with van der Waals surface area (Å²) >= 11 is 11.6. The molecule has 20 heavy (non-hydrogen) atoms. The summed E-state index contributed by atoms with van der Waals surface area (Å²) in [7, 11) is -3.01. The summed E-state index contributed by atoms with van der Waals surface area (Å²) in [6.45, 7) is -3.02. The third kappa shape index (κ3) is 3.86. The average Bonchev–Trinajstić information content (AvgIpc) is 2.63. The molecule has 2 rings (SSSR count). The van der Waals surface area contributed by atoms with Crippen LogP contribution in [0.15, 0.2) is 12.1 Å². The van der Waals surface area contributed by atoms with Gasteiger partial charge in [0.25, 0.3) is 0 Å². The minimum absolute atomic E-state index is 0.0253. The number of halogens is 4. The van der Waals surface area contributed by atoms with E-state index in [0.29, 0.717) is 12.1 Å². The molecular formula is C11H11Cl2F2NO3S. The summed E-state index contributed by atoms with van der Waals surface area (Å²) in [4.78, 5) is 0. The van der Waals surface area contributed by atoms with Crippen LogP contribution in [0.3, 0.4) is 0 Å². The highest BCUT2D eigenvalue weighted by Gasteiger charge is 2.28. The van der Waals surface area contributed by atoms with Crippen molar-refractivity contribution in [2.75, 3.05) is 16.8 Å². The Morgan fingerprint density at radius 2 is 1.90 bits per heavy atom. The fourth-order valence-corrected chi connectivity index (χ4v) is 4.24. The second-order valence-electron chi connectivity index (χ2n) is 4.39. The summed E-state index contributed by atoms with van der Waals surface area (Å²) < 4.78 is 51.2. The Balaban J connectivity index is 2.14. The molecule has 1 fully saturated rings. The van der Waals surface area contributed by atoms with Crippen LogP contribution in [0.5, 0.6) is 5.75 Å². The largest absolute Gasteiger partial charge is 0.432 e. The van der Waals surface area contributed by atoms with Gasteiger partial charge in [-0.2, -0.15) is 8.78 Å². The molecule has 0 bridgehead atoms. The summed E-state index contributed by atoms with van der Waals surface area (Å²) in [6, 6.07) is 2.50. The molecule has 1 aromatic carbocycles. The first-order valence-corrected chi connectivity index (χ1v) is 8.25. The molecule has 4 nitrogen and oxygen atoms in total. The number of nitrogens with one attached hydrogen (secondary N) is 1. The maximum Gasteiger partial charge on any atom is 0.387 e. The summed E-state index contributed by atoms with van der Waals surface area (Å²) in [5.74, 6) is -0.149. The zero-order valence-electron chi connectivity index (χ0n) is 10.1. The monoisotopic (exact) mass is 345 g/mol. The minimum Gasteiger partial charge on any atom is -0.432 e. The molecule has 1 saturated heterocycles. The number of anilines is 1. The molecule has 1 atom stereocenters. The van der Waals surface area contributed by atoms with Crippen LogP contribution in [0.25, 0.3) is 0 Å². The fourth-order valence-electron chi connectivity index (χ4n) is 1.99. The number of alkyl halides is 2. The number of hydrogen-bond donors (Lipinski definition) is 1. The first-order valence-electron chi connectivity index (χ1n) is 5.67. The molecule has 0 spiro atoms. The lowest BCUT2D eigenvalue weighted by Crippen LogP contribution is -2.20. The second-order valence-corrected chi connectivity index (χ2v) is 7.43. The molecule has 1 aliphatic rings. The van der Waals surface area contributed by atoms with Crippen LogP contribution in [0.4, 0.5) is 14.5 Å². The van der Waals surface area contributed by atoms with Crippen molar-refractivity contribution in [2.45, 2.75) is 19.1 Å². The number of benzene rings is 1. The third-order valence-corrected chi connectivity index (χ3v) is 5.14. The van der Waals surface area contributed by atoms with Crippen molar-refractivity contribution in [2.24, 2.45) is 0 Å². The molecular weight excluding hydrogens is 335 g/mol. The molecule has 0 radical (unpaired) electrons. The van der Waals surface area contributed by atoms with E-state index in [1.807, 2.05) is 0 Å². The fraction of sp³-hybridized carbons (Fsp3) is 0.455. The smallest absolute Gasteiger partial charge is 0.387 e. The van der Waals surface area contributed by atoms with E-state index in [4.69, 9.17) is 23.2 Å². The Hall–Kier alpha value is -0.790. The maximum atomic E-state index is 12.2. The van der Waals surface area contributed by atoms with E-state index in [0.717, 1.165) is 0 Å². The van der Waals surface area contributed by atoms with Crippen LogP contribution in [-0.4, -0.2) is 32.6 Å². The molecule has 1 unspecified atom stereocenters. The lowest BCUT2D eigenvalue weighted by atomic mass is 10.2. The predicted molar refractivity (Wildman–Crippen MR) is 73.8 cm³/mol. The molecule has 0 saturated carbocycles. The van der Waals surface area contributed by atoms with Crippen molar-refractivity contribution < 1.29 is 21.9 Å². The van der Waals surface area contributed by atoms with Crippen LogP contribution in [0, 0.1) is 0 Å². The Morgan fingerprint density at radius 3 is 2.35 bits per heavy atom. The van der Waals surface area contributed by atoms with Gasteiger partial charge < -0.3 is 10.1 Å². The molecule has 112 valence electrons. The molecule has 0 amide bonds. The van der Waals surface area contributed by atoms with Gasteiger partial charge in [-0.05, 0) is 18.6 Å². The van der Waals surface area contributed by atoms with E-state index in [1.165, 1.54) is 12.1 Å². The van der Waals surface area contributed by atoms with E-state index >= 15 is 0 Å². The highest BCUT2D eigenvalue weighted by Crippen LogP contribution is 2.37. The highest BCUT2D eigenvalue weighted by molar-refractivity contribution is 7.91. The Bertz CT molecular complexity index is 587. The molecule has 1 aromatic rings. The van der Waals surface area contributed by atoms with Crippen molar-refractivity contribution >= 4 is 38.7 Å². The van der Waals surface area contributed by atoms with E-state index in [9.17, 15) is 17.2 Å². The lowest BCUT2D eigenvalue weighted by Gasteiger charge is -2.15. The van der Waals surface area contributed by atoms with Gasteiger partial charge in [0.1, 0.15) is 0 Å². The van der Waals surface area contributed by atoms with E-state index in [-0.39, 0.29) is 33.3 Å². The van der Waals surface area contributed by atoms with Crippen LogP contribution in [0.2, 0.25) is 10.0 Å². The molecule has 1 heterocycles. The first kappa shape index (κ1) is 15.6. The summed E-state index contributed by atoms with van der Waals surface area (Å²) in [5.41, 5.74) is 0.462. The Morgan fingerprint density at radius 1 is 1.30 bits per heavy atom. The summed E-state index contributed by atoms with van der Waals surface area (Å²) in [5, 5.41) is 2.83. The van der Waals surface area contributed by atoms with E-state index in [2.05, 4.69) is 10.1 Å². The second kappa shape index (κ2) is 5.91. The van der Waals surface area contributed by atoms with Gasteiger partial charge in [0.2, 0.25) is 0 Å². The maximum absolute atomic E-state index is 12.2. The van der Waals surface area contributed by atoms with Gasteiger partial charge in [0.05, 0.1) is 21.6 Å². The topological polar surface area (TPSA) is 55.4 Å². The first-order chi connectivity index (χ1) is 9.27. The van der Waals surface area contributed by atoms with Crippen LogP contribution >= 0.6 is 23.2 Å². The molecule has 0 aliphatic carbocycles. The lowest BCUT2D eigenvalue weighted by molar-refractivity contribution is -0.0497. The van der Waals surface area contributed by atoms with Crippen molar-refractivity contribution in [3.63, 3.8) is 0 Å². The molecule has 1 aliphatic heterocycles. The van der Waals surface area contributed by atoms with Crippen LogP contribution in [0.1, 0.15) is 6.42 Å². The van der Waals surface area contributed by atoms with Crippen molar-refractivity contribution in [3.8, 4) is 5.75 Å². The van der Waals surface area contributed by atoms with Crippen molar-refractivity contribution in [1.29, 1.82) is 0 Å². The zero-order chi connectivity index (χ0) is 14.9. The predicted octanol–water partition coefficient (Wildman–Crippen LogP) is 3.19. The van der Waals surface area contributed by atoms with Gasteiger partial charge in [0.15, 0.2) is 15.6 Å². The SMILES string of the molecule is O=S1(=O)CCC(Nc2cc(Cl)c(OC(F)F)c(Cl)c2)C1. The van der Waals surface area contributed by atoms with Crippen LogP contribution < -0.4 is 10.1 Å². The normalized spacial score (nSPS) is 21.1. The average molecular weight is 346 g/mol. The van der Waals surface area contributed by atoms with Crippen molar-refractivity contribution in [3.05, 3.63) is 22.2 Å². The van der Waals surface area contributed by atoms with Gasteiger partial charge >= 0.3 is 6.61 Å². The zero-order valence-corrected chi connectivity index (χ0v) is 12.4. The molecule has 1 N–H and O–H groups in total. The molecule has 0 aromatic heterocycles. The molecule has 9 heteroatoms. The Kier molecular flexibility index (Phi) is 4.61. The van der Waals surface area contributed by atoms with Crippen molar-refractivity contribution in [1.82, 2.24) is 0 Å². The summed E-state index contributed by atoms with van der Waals surface area (Å²) in [6.07, 6.45) is 0.479. The highest BCUT2D eigenvalue weighted by atomic mass is 35.5. The van der Waals surface area contributed by atoms with Gasteiger partial charge in [-0.15, -0.1) is 0 Å². The number of ether oxygens (including phenoxy) is 1. The number of sulfone groups is 1. The van der Waals surface area contributed by atoms with Gasteiger partial charge in [-0.3, -0.25) is 0 Å². The number of rotatable bonds is 4. The standard InChI is InChI=1S/C11H11Cl2F2NO3S/c12-8-3-7(4-9(13)10(8)19-11(14)15)16-6-1-2-20(17,18)5-6/h3-4,6,11,16H,1-2,5H2. The number of hydrogen-bond acceptors (Lipinski definition) is 4. The third-order valence-electron chi connectivity index (χ3n) is 2.81. The Labute approximate surface area is 124 Å². The van der Waals surface area contributed by atoms with E-state index in [1.54, 1.807) is 0 Å². The minimum atomic E-state index is -3.02.